The first-order valence-electron chi connectivity index (χ1n) is 9.25. The van der Waals surface area contributed by atoms with Gasteiger partial charge in [0.15, 0.2) is 0 Å². The molecule has 2 heterocycles. The van der Waals surface area contributed by atoms with E-state index in [1.807, 2.05) is 25.1 Å². The zero-order valence-electron chi connectivity index (χ0n) is 15.8. The molecule has 0 fully saturated rings. The molecule has 0 spiro atoms. The van der Waals surface area contributed by atoms with Crippen LogP contribution in [0.3, 0.4) is 0 Å². The number of hydrogen-bond acceptors (Lipinski definition) is 5. The van der Waals surface area contributed by atoms with Gasteiger partial charge in [0.1, 0.15) is 23.2 Å². The number of aryl methyl sites for hydroxylation is 1. The normalized spacial score (nSPS) is 13.2. The number of benzene rings is 2. The van der Waals surface area contributed by atoms with E-state index in [-0.39, 0.29) is 0 Å². The minimum Gasteiger partial charge on any atom is -0.497 e. The van der Waals surface area contributed by atoms with E-state index in [0.717, 1.165) is 42.7 Å². The van der Waals surface area contributed by atoms with E-state index in [4.69, 9.17) is 4.74 Å². The van der Waals surface area contributed by atoms with Gasteiger partial charge in [-0.25, -0.2) is 9.97 Å². The lowest BCUT2D eigenvalue weighted by molar-refractivity contribution is 0.414. The Balaban J connectivity index is 1.48. The fraction of sp³-hybridized carbons (Fsp3) is 0.273. The average Bonchev–Trinajstić information content (AvgIpc) is 2.72. The highest BCUT2D eigenvalue weighted by molar-refractivity contribution is 5.51. The van der Waals surface area contributed by atoms with Gasteiger partial charge in [0.05, 0.1) is 7.11 Å². The smallest absolute Gasteiger partial charge is 0.134 e. The summed E-state index contributed by atoms with van der Waals surface area (Å²) in [5, 5.41) is 3.42. The van der Waals surface area contributed by atoms with Gasteiger partial charge in [-0.3, -0.25) is 0 Å². The Hall–Kier alpha value is -3.08. The van der Waals surface area contributed by atoms with Crippen LogP contribution < -0.4 is 15.0 Å². The van der Waals surface area contributed by atoms with Crippen molar-refractivity contribution in [3.8, 4) is 5.75 Å². The van der Waals surface area contributed by atoms with Crippen LogP contribution in [0.2, 0.25) is 0 Å². The van der Waals surface area contributed by atoms with Gasteiger partial charge in [-0.15, -0.1) is 0 Å². The first kappa shape index (κ1) is 17.3. The first-order valence-corrected chi connectivity index (χ1v) is 9.25. The van der Waals surface area contributed by atoms with E-state index in [9.17, 15) is 0 Å². The van der Waals surface area contributed by atoms with E-state index in [2.05, 4.69) is 56.6 Å². The first-order chi connectivity index (χ1) is 13.2. The maximum atomic E-state index is 5.21. The number of rotatable bonds is 5. The quantitative estimate of drug-likeness (QED) is 0.746. The number of methoxy groups -OCH3 is 1. The lowest BCUT2D eigenvalue weighted by Gasteiger charge is -2.30. The Labute approximate surface area is 160 Å². The van der Waals surface area contributed by atoms with Gasteiger partial charge in [0, 0.05) is 25.7 Å². The SMILES string of the molecule is COc1ccc(CNc2cc(N3CCc4ccccc4C3)nc(C)n2)cc1. The van der Waals surface area contributed by atoms with Crippen molar-refractivity contribution in [2.45, 2.75) is 26.4 Å². The van der Waals surface area contributed by atoms with Crippen LogP contribution in [-0.4, -0.2) is 23.6 Å². The third-order valence-corrected chi connectivity index (χ3v) is 4.91. The molecule has 1 N–H and O–H groups in total. The summed E-state index contributed by atoms with van der Waals surface area (Å²) in [5.74, 6) is 3.48. The molecule has 5 heteroatoms. The van der Waals surface area contributed by atoms with Crippen molar-refractivity contribution < 1.29 is 4.74 Å². The second kappa shape index (κ2) is 7.66. The van der Waals surface area contributed by atoms with Gasteiger partial charge in [-0.1, -0.05) is 36.4 Å². The summed E-state index contributed by atoms with van der Waals surface area (Å²) in [4.78, 5) is 11.5. The molecule has 1 aliphatic heterocycles. The van der Waals surface area contributed by atoms with Crippen molar-refractivity contribution in [2.75, 3.05) is 23.9 Å². The lowest BCUT2D eigenvalue weighted by Crippen LogP contribution is -2.31. The van der Waals surface area contributed by atoms with Crippen molar-refractivity contribution in [2.24, 2.45) is 0 Å². The van der Waals surface area contributed by atoms with Crippen molar-refractivity contribution in [1.82, 2.24) is 9.97 Å². The van der Waals surface area contributed by atoms with E-state index in [1.54, 1.807) is 7.11 Å². The maximum Gasteiger partial charge on any atom is 0.134 e. The number of nitrogens with zero attached hydrogens (tertiary/aromatic N) is 3. The molecule has 0 saturated heterocycles. The van der Waals surface area contributed by atoms with Crippen LogP contribution in [0, 0.1) is 6.92 Å². The number of aromatic nitrogens is 2. The molecule has 0 unspecified atom stereocenters. The van der Waals surface area contributed by atoms with Gasteiger partial charge in [-0.2, -0.15) is 0 Å². The Bertz CT molecular complexity index is 924. The van der Waals surface area contributed by atoms with E-state index >= 15 is 0 Å². The summed E-state index contributed by atoms with van der Waals surface area (Å²) in [7, 11) is 1.68. The number of nitrogens with one attached hydrogen (secondary N) is 1. The van der Waals surface area contributed by atoms with Gasteiger partial charge < -0.3 is 15.0 Å². The minimum atomic E-state index is 0.711. The molecular formula is C22H24N4O. The molecule has 4 rings (SSSR count). The number of ether oxygens (including phenoxy) is 1. The molecule has 0 saturated carbocycles. The van der Waals surface area contributed by atoms with Gasteiger partial charge in [0.25, 0.3) is 0 Å². The molecule has 0 amide bonds. The van der Waals surface area contributed by atoms with E-state index in [1.165, 1.54) is 16.7 Å². The number of hydrogen-bond donors (Lipinski definition) is 1. The Morgan fingerprint density at radius 1 is 1.04 bits per heavy atom. The lowest BCUT2D eigenvalue weighted by atomic mass is 10.00. The zero-order valence-corrected chi connectivity index (χ0v) is 15.8. The van der Waals surface area contributed by atoms with Crippen LogP contribution in [-0.2, 0) is 19.5 Å². The summed E-state index contributed by atoms with van der Waals surface area (Å²) < 4.78 is 5.21. The van der Waals surface area contributed by atoms with Gasteiger partial charge >= 0.3 is 0 Å². The van der Waals surface area contributed by atoms with Crippen LogP contribution in [0.15, 0.2) is 54.6 Å². The van der Waals surface area contributed by atoms with Crippen LogP contribution in [0.1, 0.15) is 22.5 Å². The largest absolute Gasteiger partial charge is 0.497 e. The van der Waals surface area contributed by atoms with Gasteiger partial charge in [0.2, 0.25) is 0 Å². The monoisotopic (exact) mass is 360 g/mol. The standard InChI is InChI=1S/C22H24N4O/c1-16-24-21(23-14-17-7-9-20(27-2)10-8-17)13-22(25-16)26-12-11-18-5-3-4-6-19(18)15-26/h3-10,13H,11-12,14-15H2,1-2H3,(H,23,24,25). The molecule has 5 nitrogen and oxygen atoms in total. The predicted octanol–water partition coefficient (Wildman–Crippen LogP) is 3.97. The van der Waals surface area contributed by atoms with Crippen molar-refractivity contribution in [3.05, 3.63) is 77.1 Å². The highest BCUT2D eigenvalue weighted by atomic mass is 16.5. The van der Waals surface area contributed by atoms with Crippen LogP contribution in [0.5, 0.6) is 5.75 Å². The number of fused-ring (bicyclic) bond motifs is 1. The molecule has 1 aliphatic rings. The molecule has 0 aliphatic carbocycles. The third kappa shape index (κ3) is 4.03. The van der Waals surface area contributed by atoms with Crippen molar-refractivity contribution in [3.63, 3.8) is 0 Å². The van der Waals surface area contributed by atoms with Crippen molar-refractivity contribution in [1.29, 1.82) is 0 Å². The van der Waals surface area contributed by atoms with Crippen LogP contribution in [0.4, 0.5) is 11.6 Å². The second-order valence-electron chi connectivity index (χ2n) is 6.80. The van der Waals surface area contributed by atoms with Crippen LogP contribution >= 0.6 is 0 Å². The Morgan fingerprint density at radius 3 is 2.59 bits per heavy atom. The fourth-order valence-corrected chi connectivity index (χ4v) is 3.43. The van der Waals surface area contributed by atoms with E-state index < -0.39 is 0 Å². The molecule has 0 atom stereocenters. The fourth-order valence-electron chi connectivity index (χ4n) is 3.43. The van der Waals surface area contributed by atoms with E-state index in [0.29, 0.717) is 6.54 Å². The Morgan fingerprint density at radius 2 is 1.81 bits per heavy atom. The minimum absolute atomic E-state index is 0.711. The highest BCUT2D eigenvalue weighted by Gasteiger charge is 2.18. The highest BCUT2D eigenvalue weighted by Crippen LogP contribution is 2.24. The van der Waals surface area contributed by atoms with Crippen LogP contribution in [0.25, 0.3) is 0 Å². The van der Waals surface area contributed by atoms with Crippen molar-refractivity contribution >= 4 is 11.6 Å². The maximum absolute atomic E-state index is 5.21. The molecule has 3 aromatic rings. The summed E-state index contributed by atoms with van der Waals surface area (Å²) in [6.45, 7) is 4.53. The predicted molar refractivity (Wildman–Crippen MR) is 108 cm³/mol. The topological polar surface area (TPSA) is 50.3 Å². The molecule has 0 radical (unpaired) electrons. The summed E-state index contributed by atoms with van der Waals surface area (Å²) in [6.07, 6.45) is 1.05. The molecule has 1 aromatic heterocycles. The second-order valence-corrected chi connectivity index (χ2v) is 6.80. The summed E-state index contributed by atoms with van der Waals surface area (Å²) in [6, 6.07) is 18.8. The Kier molecular flexibility index (Phi) is 4.92. The molecule has 27 heavy (non-hydrogen) atoms. The number of anilines is 2. The summed E-state index contributed by atoms with van der Waals surface area (Å²) >= 11 is 0. The zero-order chi connectivity index (χ0) is 18.6. The average molecular weight is 360 g/mol. The molecule has 138 valence electrons. The third-order valence-electron chi connectivity index (χ3n) is 4.91. The molecular weight excluding hydrogens is 336 g/mol. The molecule has 0 bridgehead atoms. The van der Waals surface area contributed by atoms with Gasteiger partial charge in [-0.05, 0) is 42.2 Å². The summed E-state index contributed by atoms with van der Waals surface area (Å²) in [5.41, 5.74) is 4.01. The molecule has 2 aromatic carbocycles.